The molecule has 0 saturated carbocycles. The largest absolute Gasteiger partial charge is 0.341 e. The van der Waals surface area contributed by atoms with Gasteiger partial charge < -0.3 is 9.47 Å². The highest BCUT2D eigenvalue weighted by atomic mass is 35.5. The van der Waals surface area contributed by atoms with Crippen LogP contribution in [0.1, 0.15) is 50.2 Å². The molecule has 1 saturated heterocycles. The quantitative estimate of drug-likeness (QED) is 0.792. The first-order valence-corrected chi connectivity index (χ1v) is 6.99. The van der Waals surface area contributed by atoms with Crippen molar-refractivity contribution in [3.05, 3.63) is 18.2 Å². The molecule has 1 unspecified atom stereocenters. The molecule has 2 heterocycles. The topological polar surface area (TPSA) is 38.1 Å². The van der Waals surface area contributed by atoms with Gasteiger partial charge in [0.2, 0.25) is 5.91 Å². The molecule has 1 aliphatic rings. The third kappa shape index (κ3) is 2.69. The summed E-state index contributed by atoms with van der Waals surface area (Å²) >= 11 is 6.33. The summed E-state index contributed by atoms with van der Waals surface area (Å²) in [6, 6.07) is 0.262. The van der Waals surface area contributed by atoms with E-state index in [0.29, 0.717) is 0 Å². The Morgan fingerprint density at radius 3 is 2.61 bits per heavy atom. The van der Waals surface area contributed by atoms with Crippen LogP contribution < -0.4 is 0 Å². The zero-order valence-electron chi connectivity index (χ0n) is 11.0. The van der Waals surface area contributed by atoms with Crippen molar-refractivity contribution in [1.82, 2.24) is 14.5 Å². The SMILES string of the molecule is CC(C)n1cncc1C(Cl)C(=O)N1CCCCC1. The molecule has 100 valence electrons. The molecule has 2 rings (SSSR count). The van der Waals surface area contributed by atoms with Gasteiger partial charge in [-0.3, -0.25) is 4.79 Å². The first-order chi connectivity index (χ1) is 8.61. The molecule has 0 radical (unpaired) electrons. The summed E-state index contributed by atoms with van der Waals surface area (Å²) in [6.07, 6.45) is 6.80. The number of alkyl halides is 1. The summed E-state index contributed by atoms with van der Waals surface area (Å²) in [5.74, 6) is 0.0127. The molecular formula is C13H20ClN3O. The molecular weight excluding hydrogens is 250 g/mol. The third-order valence-electron chi connectivity index (χ3n) is 3.40. The van der Waals surface area contributed by atoms with Crippen LogP contribution in [0.3, 0.4) is 0 Å². The van der Waals surface area contributed by atoms with E-state index in [4.69, 9.17) is 11.6 Å². The predicted octanol–water partition coefficient (Wildman–Crippen LogP) is 2.76. The van der Waals surface area contributed by atoms with Crippen LogP contribution >= 0.6 is 11.6 Å². The van der Waals surface area contributed by atoms with Crippen LogP contribution in [0.15, 0.2) is 12.5 Å². The Labute approximate surface area is 113 Å². The van der Waals surface area contributed by atoms with Crippen molar-refractivity contribution in [2.75, 3.05) is 13.1 Å². The number of hydrogen-bond acceptors (Lipinski definition) is 2. The third-order valence-corrected chi connectivity index (χ3v) is 3.81. The predicted molar refractivity (Wildman–Crippen MR) is 71.6 cm³/mol. The number of carbonyl (C=O) groups is 1. The van der Waals surface area contributed by atoms with E-state index in [1.54, 1.807) is 12.5 Å². The van der Waals surface area contributed by atoms with E-state index in [1.807, 2.05) is 9.47 Å². The maximum absolute atomic E-state index is 12.3. The smallest absolute Gasteiger partial charge is 0.246 e. The van der Waals surface area contributed by atoms with Gasteiger partial charge in [-0.25, -0.2) is 4.98 Å². The van der Waals surface area contributed by atoms with E-state index in [-0.39, 0.29) is 11.9 Å². The molecule has 1 aromatic rings. The van der Waals surface area contributed by atoms with E-state index in [0.717, 1.165) is 31.6 Å². The van der Waals surface area contributed by atoms with Gasteiger partial charge in [0, 0.05) is 19.1 Å². The average molecular weight is 270 g/mol. The van der Waals surface area contributed by atoms with Crippen LogP contribution in [0.4, 0.5) is 0 Å². The van der Waals surface area contributed by atoms with Gasteiger partial charge in [-0.15, -0.1) is 11.6 Å². The van der Waals surface area contributed by atoms with Gasteiger partial charge in [-0.05, 0) is 33.1 Å². The average Bonchev–Trinajstić information content (AvgIpc) is 2.87. The van der Waals surface area contributed by atoms with E-state index in [1.165, 1.54) is 6.42 Å². The van der Waals surface area contributed by atoms with Gasteiger partial charge in [0.25, 0.3) is 0 Å². The minimum absolute atomic E-state index is 0.0127. The highest BCUT2D eigenvalue weighted by molar-refractivity contribution is 6.30. The Bertz CT molecular complexity index is 410. The number of carbonyl (C=O) groups excluding carboxylic acids is 1. The minimum atomic E-state index is -0.618. The van der Waals surface area contributed by atoms with Gasteiger partial charge in [0.1, 0.15) is 0 Å². The second-order valence-corrected chi connectivity index (χ2v) is 5.50. The second kappa shape index (κ2) is 5.74. The Morgan fingerprint density at radius 2 is 2.00 bits per heavy atom. The highest BCUT2D eigenvalue weighted by Gasteiger charge is 2.27. The van der Waals surface area contributed by atoms with Gasteiger partial charge in [-0.2, -0.15) is 0 Å². The van der Waals surface area contributed by atoms with Crippen LogP contribution in [0.2, 0.25) is 0 Å². The van der Waals surface area contributed by atoms with Crippen molar-refractivity contribution in [2.45, 2.75) is 44.5 Å². The molecule has 1 amide bonds. The first-order valence-electron chi connectivity index (χ1n) is 6.56. The lowest BCUT2D eigenvalue weighted by Gasteiger charge is -2.29. The van der Waals surface area contributed by atoms with Crippen molar-refractivity contribution in [2.24, 2.45) is 0 Å². The molecule has 0 spiro atoms. The summed E-state index contributed by atoms with van der Waals surface area (Å²) in [6.45, 7) is 5.77. The molecule has 4 nitrogen and oxygen atoms in total. The van der Waals surface area contributed by atoms with Crippen molar-refractivity contribution in [3.8, 4) is 0 Å². The lowest BCUT2D eigenvalue weighted by molar-refractivity contribution is -0.131. The van der Waals surface area contributed by atoms with Crippen LogP contribution in [-0.4, -0.2) is 33.4 Å². The van der Waals surface area contributed by atoms with E-state index in [9.17, 15) is 4.79 Å². The number of likely N-dealkylation sites (tertiary alicyclic amines) is 1. The van der Waals surface area contributed by atoms with Gasteiger partial charge in [0.15, 0.2) is 5.38 Å². The van der Waals surface area contributed by atoms with Crippen molar-refractivity contribution in [1.29, 1.82) is 0 Å². The summed E-state index contributed by atoms with van der Waals surface area (Å²) in [7, 11) is 0. The molecule has 1 fully saturated rings. The van der Waals surface area contributed by atoms with Crippen molar-refractivity contribution in [3.63, 3.8) is 0 Å². The Kier molecular flexibility index (Phi) is 4.27. The standard InChI is InChI=1S/C13H20ClN3O/c1-10(2)17-9-15-8-11(17)12(14)13(18)16-6-4-3-5-7-16/h8-10,12H,3-7H2,1-2H3. The zero-order valence-corrected chi connectivity index (χ0v) is 11.7. The summed E-state index contributed by atoms with van der Waals surface area (Å²) in [5.41, 5.74) is 0.794. The fourth-order valence-electron chi connectivity index (χ4n) is 2.34. The second-order valence-electron chi connectivity index (χ2n) is 5.07. The van der Waals surface area contributed by atoms with E-state index >= 15 is 0 Å². The molecule has 1 aromatic heterocycles. The Morgan fingerprint density at radius 1 is 1.33 bits per heavy atom. The zero-order chi connectivity index (χ0) is 13.1. The highest BCUT2D eigenvalue weighted by Crippen LogP contribution is 2.26. The molecule has 1 aliphatic heterocycles. The monoisotopic (exact) mass is 269 g/mol. The first kappa shape index (κ1) is 13.4. The van der Waals surface area contributed by atoms with Gasteiger partial charge in [-0.1, -0.05) is 0 Å². The fourth-order valence-corrected chi connectivity index (χ4v) is 2.65. The fraction of sp³-hybridized carbons (Fsp3) is 0.692. The van der Waals surface area contributed by atoms with E-state index in [2.05, 4.69) is 18.8 Å². The van der Waals surface area contributed by atoms with Crippen molar-refractivity contribution >= 4 is 17.5 Å². The number of halogens is 1. The summed E-state index contributed by atoms with van der Waals surface area (Å²) < 4.78 is 1.96. The number of piperidine rings is 1. The maximum atomic E-state index is 12.3. The molecule has 18 heavy (non-hydrogen) atoms. The molecule has 5 heteroatoms. The summed E-state index contributed by atoms with van der Waals surface area (Å²) in [5, 5.41) is -0.618. The lowest BCUT2D eigenvalue weighted by Crippen LogP contribution is -2.38. The van der Waals surface area contributed by atoms with Crippen LogP contribution in [0, 0.1) is 0 Å². The van der Waals surface area contributed by atoms with Crippen LogP contribution in [0.5, 0.6) is 0 Å². The Hall–Kier alpha value is -1.03. The van der Waals surface area contributed by atoms with E-state index < -0.39 is 5.38 Å². The molecule has 1 atom stereocenters. The molecule has 0 N–H and O–H groups in total. The minimum Gasteiger partial charge on any atom is -0.341 e. The normalized spacial score (nSPS) is 18.1. The number of hydrogen-bond donors (Lipinski definition) is 0. The number of nitrogens with zero attached hydrogens (tertiary/aromatic N) is 3. The lowest BCUT2D eigenvalue weighted by atomic mass is 10.1. The number of amides is 1. The maximum Gasteiger partial charge on any atom is 0.246 e. The van der Waals surface area contributed by atoms with Crippen LogP contribution in [0.25, 0.3) is 0 Å². The van der Waals surface area contributed by atoms with Crippen molar-refractivity contribution < 1.29 is 4.79 Å². The molecule has 0 bridgehead atoms. The Balaban J connectivity index is 2.12. The number of aromatic nitrogens is 2. The van der Waals surface area contributed by atoms with Crippen LogP contribution in [-0.2, 0) is 4.79 Å². The summed E-state index contributed by atoms with van der Waals surface area (Å²) in [4.78, 5) is 18.3. The number of rotatable bonds is 3. The number of imidazole rings is 1. The van der Waals surface area contributed by atoms with Gasteiger partial charge in [0.05, 0.1) is 18.2 Å². The molecule has 0 aromatic carbocycles. The van der Waals surface area contributed by atoms with Gasteiger partial charge >= 0.3 is 0 Å². The molecule has 0 aliphatic carbocycles.